The van der Waals surface area contributed by atoms with Gasteiger partial charge in [0.25, 0.3) is 5.91 Å². The third kappa shape index (κ3) is 6.64. The molecule has 0 saturated heterocycles. The smallest absolute Gasteiger partial charge is 0.269 e. The fraction of sp³-hybridized carbons (Fsp3) is 0.167. The van der Waals surface area contributed by atoms with Crippen LogP contribution in [0.4, 0.5) is 0 Å². The summed E-state index contributed by atoms with van der Waals surface area (Å²) in [5.74, 6) is -0.762. The van der Waals surface area contributed by atoms with Crippen LogP contribution in [0.25, 0.3) is 0 Å². The van der Waals surface area contributed by atoms with E-state index in [9.17, 15) is 18.0 Å². The number of benzene rings is 3. The van der Waals surface area contributed by atoms with Crippen molar-refractivity contribution in [2.24, 2.45) is 0 Å². The summed E-state index contributed by atoms with van der Waals surface area (Å²) in [5.41, 5.74) is 6.54. The number of hydrogen-bond acceptors (Lipinski definition) is 4. The molecule has 0 aromatic heterocycles. The van der Waals surface area contributed by atoms with E-state index in [1.54, 1.807) is 43.3 Å². The molecule has 2 N–H and O–H groups in total. The van der Waals surface area contributed by atoms with Crippen LogP contribution in [0, 0.1) is 0 Å². The van der Waals surface area contributed by atoms with Crippen molar-refractivity contribution >= 4 is 33.4 Å². The highest BCUT2D eigenvalue weighted by Gasteiger charge is 2.25. The molecule has 0 saturated carbocycles. The fourth-order valence-electron chi connectivity index (χ4n) is 3.02. The number of nitrogens with zero attached hydrogens (tertiary/aromatic N) is 1. The second-order valence-corrected chi connectivity index (χ2v) is 9.64. The van der Waals surface area contributed by atoms with Crippen molar-refractivity contribution in [1.29, 1.82) is 0 Å². The lowest BCUT2D eigenvalue weighted by Gasteiger charge is -2.23. The highest BCUT2D eigenvalue weighted by atomic mass is 35.5. The average Bonchev–Trinajstić information content (AvgIpc) is 2.83. The van der Waals surface area contributed by atoms with E-state index in [4.69, 9.17) is 11.6 Å². The van der Waals surface area contributed by atoms with Crippen molar-refractivity contribution in [1.82, 2.24) is 15.2 Å². The van der Waals surface area contributed by atoms with Gasteiger partial charge >= 0.3 is 0 Å². The number of hydrogen-bond donors (Lipinski definition) is 2. The lowest BCUT2D eigenvalue weighted by molar-refractivity contribution is -0.121. The van der Waals surface area contributed by atoms with E-state index in [1.807, 2.05) is 30.3 Å². The molecule has 0 aliphatic heterocycles. The van der Waals surface area contributed by atoms with Crippen molar-refractivity contribution in [2.75, 3.05) is 0 Å². The van der Waals surface area contributed by atoms with Gasteiger partial charge in [-0.3, -0.25) is 20.4 Å². The fourth-order valence-corrected chi connectivity index (χ4v) is 4.56. The zero-order valence-electron chi connectivity index (χ0n) is 18.0. The van der Waals surface area contributed by atoms with E-state index in [2.05, 4.69) is 10.9 Å². The predicted octanol–water partition coefficient (Wildman–Crippen LogP) is 3.90. The van der Waals surface area contributed by atoms with E-state index >= 15 is 0 Å². The van der Waals surface area contributed by atoms with Gasteiger partial charge in [0.15, 0.2) is 0 Å². The third-order valence-electron chi connectivity index (χ3n) is 4.86. The minimum Gasteiger partial charge on any atom is -0.273 e. The van der Waals surface area contributed by atoms with E-state index in [1.165, 1.54) is 16.4 Å². The molecule has 0 bridgehead atoms. The van der Waals surface area contributed by atoms with Gasteiger partial charge in [-0.15, -0.1) is 0 Å². The second-order valence-electron chi connectivity index (χ2n) is 7.27. The Morgan fingerprint density at radius 1 is 0.818 bits per heavy atom. The molecular formula is C24H24ClN3O4S. The maximum Gasteiger partial charge on any atom is 0.269 e. The number of sulfonamides is 1. The van der Waals surface area contributed by atoms with Crippen LogP contribution in [-0.2, 0) is 27.9 Å². The van der Waals surface area contributed by atoms with Crippen molar-refractivity contribution < 1.29 is 18.0 Å². The molecule has 3 aromatic carbocycles. The van der Waals surface area contributed by atoms with Gasteiger partial charge in [-0.25, -0.2) is 8.42 Å². The Bertz CT molecular complexity index is 1200. The quantitative estimate of drug-likeness (QED) is 0.473. The Morgan fingerprint density at radius 3 is 1.97 bits per heavy atom. The summed E-state index contributed by atoms with van der Waals surface area (Å²) in [6.07, 6.45) is 0.249. The van der Waals surface area contributed by atoms with E-state index < -0.39 is 15.9 Å². The topological polar surface area (TPSA) is 95.6 Å². The van der Waals surface area contributed by atoms with Gasteiger partial charge in [0, 0.05) is 30.1 Å². The van der Waals surface area contributed by atoms with Crippen molar-refractivity contribution in [3.05, 3.63) is 101 Å². The van der Waals surface area contributed by atoms with Crippen LogP contribution in [0.1, 0.15) is 34.8 Å². The summed E-state index contributed by atoms with van der Waals surface area (Å²) in [6.45, 7) is 1.96. The molecule has 3 rings (SSSR count). The predicted molar refractivity (Wildman–Crippen MR) is 127 cm³/mol. The Hall–Kier alpha value is -3.20. The van der Waals surface area contributed by atoms with Gasteiger partial charge in [-0.1, -0.05) is 61.0 Å². The van der Waals surface area contributed by atoms with E-state index in [-0.39, 0.29) is 30.3 Å². The molecule has 172 valence electrons. The van der Waals surface area contributed by atoms with Crippen LogP contribution >= 0.6 is 11.6 Å². The first-order chi connectivity index (χ1) is 15.8. The maximum absolute atomic E-state index is 13.4. The molecule has 3 aromatic rings. The first-order valence-electron chi connectivity index (χ1n) is 10.3. The number of hydrazine groups is 1. The minimum atomic E-state index is -3.81. The summed E-state index contributed by atoms with van der Waals surface area (Å²) in [5, 5.41) is 0.451. The minimum absolute atomic E-state index is 0.105. The zero-order valence-corrected chi connectivity index (χ0v) is 19.6. The van der Waals surface area contributed by atoms with Gasteiger partial charge < -0.3 is 0 Å². The Kier molecular flexibility index (Phi) is 8.21. The maximum atomic E-state index is 13.4. The van der Waals surface area contributed by atoms with Gasteiger partial charge in [0.05, 0.1) is 4.90 Å². The largest absolute Gasteiger partial charge is 0.273 e. The second kappa shape index (κ2) is 11.1. The third-order valence-corrected chi connectivity index (χ3v) is 6.92. The van der Waals surface area contributed by atoms with Gasteiger partial charge in [0.2, 0.25) is 15.9 Å². The van der Waals surface area contributed by atoms with Gasteiger partial charge in [-0.2, -0.15) is 4.31 Å². The number of amides is 2. The molecule has 0 spiro atoms. The molecule has 7 nitrogen and oxygen atoms in total. The van der Waals surface area contributed by atoms with Crippen LogP contribution in [0.2, 0.25) is 5.02 Å². The number of rotatable bonds is 8. The number of nitrogens with one attached hydrogen (secondary N) is 2. The summed E-state index contributed by atoms with van der Waals surface area (Å²) in [6, 6.07) is 21.9. The molecule has 2 amide bonds. The standard InChI is InChI=1S/C24H24ClN3O4S/c1-2-23(29)26-27-24(30)20-10-8-19(9-11-20)17-28(16-18-6-4-3-5-7-18)33(31,32)22-14-12-21(25)13-15-22/h3-15H,2,16-17H2,1H3,(H,26,29)(H,27,30). The van der Waals surface area contributed by atoms with E-state index in [0.29, 0.717) is 16.1 Å². The Labute approximate surface area is 198 Å². The summed E-state index contributed by atoms with van der Waals surface area (Å²) in [7, 11) is -3.81. The SMILES string of the molecule is CCC(=O)NNC(=O)c1ccc(CN(Cc2ccccc2)S(=O)(=O)c2ccc(Cl)cc2)cc1. The van der Waals surface area contributed by atoms with Crippen LogP contribution in [-0.4, -0.2) is 24.5 Å². The summed E-state index contributed by atoms with van der Waals surface area (Å²) < 4.78 is 28.1. The lowest BCUT2D eigenvalue weighted by Crippen LogP contribution is -2.41. The molecule has 0 heterocycles. The van der Waals surface area contributed by atoms with Gasteiger partial charge in [0.1, 0.15) is 0 Å². The molecule has 0 radical (unpaired) electrons. The highest BCUT2D eigenvalue weighted by Crippen LogP contribution is 2.23. The molecule has 9 heteroatoms. The average molecular weight is 486 g/mol. The van der Waals surface area contributed by atoms with Crippen LogP contribution in [0.5, 0.6) is 0 Å². The Balaban J connectivity index is 1.82. The molecule has 0 unspecified atom stereocenters. The van der Waals surface area contributed by atoms with E-state index in [0.717, 1.165) is 5.56 Å². The lowest BCUT2D eigenvalue weighted by atomic mass is 10.1. The van der Waals surface area contributed by atoms with Crippen LogP contribution < -0.4 is 10.9 Å². The number of carbonyl (C=O) groups is 2. The molecular weight excluding hydrogens is 462 g/mol. The molecule has 0 atom stereocenters. The number of carbonyl (C=O) groups excluding carboxylic acids is 2. The first kappa shape index (κ1) is 24.4. The Morgan fingerprint density at radius 2 is 1.39 bits per heavy atom. The van der Waals surface area contributed by atoms with Crippen LogP contribution in [0.15, 0.2) is 83.8 Å². The normalized spacial score (nSPS) is 11.2. The molecule has 33 heavy (non-hydrogen) atoms. The van der Waals surface area contributed by atoms with Crippen molar-refractivity contribution in [2.45, 2.75) is 31.3 Å². The molecule has 0 aliphatic carbocycles. The number of halogens is 1. The highest BCUT2D eigenvalue weighted by molar-refractivity contribution is 7.89. The molecule has 0 fully saturated rings. The van der Waals surface area contributed by atoms with Gasteiger partial charge in [-0.05, 0) is 47.5 Å². The summed E-state index contributed by atoms with van der Waals surface area (Å²) >= 11 is 5.92. The van der Waals surface area contributed by atoms with Crippen LogP contribution in [0.3, 0.4) is 0 Å². The monoisotopic (exact) mass is 485 g/mol. The summed E-state index contributed by atoms with van der Waals surface area (Å²) in [4.78, 5) is 23.6. The van der Waals surface area contributed by atoms with Crippen molar-refractivity contribution in [3.63, 3.8) is 0 Å². The molecule has 0 aliphatic rings. The zero-order chi connectivity index (χ0) is 23.8. The van der Waals surface area contributed by atoms with Crippen molar-refractivity contribution in [3.8, 4) is 0 Å². The first-order valence-corrected chi connectivity index (χ1v) is 12.1.